The monoisotopic (exact) mass is 240 g/mol. The van der Waals surface area contributed by atoms with Crippen LogP contribution in [0.25, 0.3) is 0 Å². The number of nitrogens with one attached hydrogen (secondary N) is 1. The summed E-state index contributed by atoms with van der Waals surface area (Å²) in [5, 5.41) is 3.62. The van der Waals surface area contributed by atoms with Crippen molar-refractivity contribution in [1.82, 2.24) is 10.2 Å². The Morgan fingerprint density at radius 3 is 2.59 bits per heavy atom. The maximum absolute atomic E-state index is 5.27. The zero-order valence-electron chi connectivity index (χ0n) is 11.3. The summed E-state index contributed by atoms with van der Waals surface area (Å²) in [7, 11) is 1.81. The molecule has 2 fully saturated rings. The number of ether oxygens (including phenoxy) is 1. The van der Waals surface area contributed by atoms with Crippen molar-refractivity contribution < 1.29 is 4.74 Å². The van der Waals surface area contributed by atoms with Crippen molar-refractivity contribution in [3.8, 4) is 0 Å². The van der Waals surface area contributed by atoms with Crippen LogP contribution in [0.2, 0.25) is 0 Å². The van der Waals surface area contributed by atoms with Crippen LogP contribution in [-0.4, -0.2) is 50.3 Å². The molecule has 17 heavy (non-hydrogen) atoms. The van der Waals surface area contributed by atoms with Gasteiger partial charge in [-0.1, -0.05) is 19.3 Å². The lowest BCUT2D eigenvalue weighted by Crippen LogP contribution is -2.45. The summed E-state index contributed by atoms with van der Waals surface area (Å²) in [6.45, 7) is 4.43. The van der Waals surface area contributed by atoms with E-state index in [-0.39, 0.29) is 0 Å². The Bertz CT molecular complexity index is 198. The van der Waals surface area contributed by atoms with Gasteiger partial charge in [0.2, 0.25) is 0 Å². The molecule has 3 heteroatoms. The van der Waals surface area contributed by atoms with Crippen LogP contribution in [0.5, 0.6) is 0 Å². The molecule has 0 aromatic rings. The third-order valence-electron chi connectivity index (χ3n) is 4.29. The molecule has 0 aromatic heterocycles. The molecule has 1 aliphatic heterocycles. The molecule has 0 spiro atoms. The van der Waals surface area contributed by atoms with Crippen molar-refractivity contribution in [2.75, 3.05) is 33.4 Å². The van der Waals surface area contributed by atoms with E-state index in [1.807, 2.05) is 7.11 Å². The van der Waals surface area contributed by atoms with E-state index in [4.69, 9.17) is 4.74 Å². The standard InChI is InChI=1S/C14H28N2O/c1-17-11-10-16(12-13-6-5-9-15-13)14-7-3-2-4-8-14/h13-15H,2-12H2,1H3. The van der Waals surface area contributed by atoms with Crippen LogP contribution < -0.4 is 5.32 Å². The second-order valence-electron chi connectivity index (χ2n) is 5.57. The first kappa shape index (κ1) is 13.3. The molecule has 3 nitrogen and oxygen atoms in total. The zero-order valence-corrected chi connectivity index (χ0v) is 11.3. The third kappa shape index (κ3) is 4.23. The fourth-order valence-corrected chi connectivity index (χ4v) is 3.27. The van der Waals surface area contributed by atoms with Gasteiger partial charge in [-0.05, 0) is 32.2 Å². The highest BCUT2D eigenvalue weighted by Crippen LogP contribution is 2.23. The molecule has 0 aromatic carbocycles. The van der Waals surface area contributed by atoms with E-state index in [2.05, 4.69) is 10.2 Å². The van der Waals surface area contributed by atoms with Crippen molar-refractivity contribution >= 4 is 0 Å². The van der Waals surface area contributed by atoms with Gasteiger partial charge in [0.15, 0.2) is 0 Å². The number of hydrogen-bond acceptors (Lipinski definition) is 3. The summed E-state index contributed by atoms with van der Waals surface area (Å²) < 4.78 is 5.27. The Kier molecular flexibility index (Phi) is 5.75. The van der Waals surface area contributed by atoms with E-state index in [0.29, 0.717) is 0 Å². The van der Waals surface area contributed by atoms with Crippen molar-refractivity contribution in [2.24, 2.45) is 0 Å². The van der Waals surface area contributed by atoms with Gasteiger partial charge in [0.1, 0.15) is 0 Å². The number of methoxy groups -OCH3 is 1. The van der Waals surface area contributed by atoms with Crippen molar-refractivity contribution in [3.05, 3.63) is 0 Å². The predicted octanol–water partition coefficient (Wildman–Crippen LogP) is 2.02. The van der Waals surface area contributed by atoms with Crippen LogP contribution >= 0.6 is 0 Å². The summed E-state index contributed by atoms with van der Waals surface area (Å²) in [4.78, 5) is 2.69. The van der Waals surface area contributed by atoms with Crippen molar-refractivity contribution in [3.63, 3.8) is 0 Å². The molecule has 1 unspecified atom stereocenters. The van der Waals surface area contributed by atoms with Crippen LogP contribution in [0, 0.1) is 0 Å². The lowest BCUT2D eigenvalue weighted by Gasteiger charge is -2.35. The normalized spacial score (nSPS) is 26.8. The SMILES string of the molecule is COCCN(CC1CCCN1)C1CCCCC1. The van der Waals surface area contributed by atoms with Crippen LogP contribution in [-0.2, 0) is 4.74 Å². The van der Waals surface area contributed by atoms with Gasteiger partial charge in [0, 0.05) is 32.3 Å². The van der Waals surface area contributed by atoms with Crippen LogP contribution in [0.1, 0.15) is 44.9 Å². The molecular formula is C14H28N2O. The minimum atomic E-state index is 0.730. The number of nitrogens with zero attached hydrogens (tertiary/aromatic N) is 1. The van der Waals surface area contributed by atoms with Gasteiger partial charge in [-0.15, -0.1) is 0 Å². The van der Waals surface area contributed by atoms with Gasteiger partial charge in [-0.2, -0.15) is 0 Å². The molecule has 1 heterocycles. The molecule has 1 saturated carbocycles. The van der Waals surface area contributed by atoms with Crippen LogP contribution in [0.4, 0.5) is 0 Å². The second kappa shape index (κ2) is 7.34. The molecule has 1 atom stereocenters. The summed E-state index contributed by atoms with van der Waals surface area (Å²) in [5.41, 5.74) is 0. The average molecular weight is 240 g/mol. The first-order valence-corrected chi connectivity index (χ1v) is 7.36. The minimum Gasteiger partial charge on any atom is -0.383 e. The van der Waals surface area contributed by atoms with Gasteiger partial charge >= 0.3 is 0 Å². The fourth-order valence-electron chi connectivity index (χ4n) is 3.27. The summed E-state index contributed by atoms with van der Waals surface area (Å²) in [5.74, 6) is 0. The van der Waals surface area contributed by atoms with Gasteiger partial charge in [0.05, 0.1) is 6.61 Å². The first-order valence-electron chi connectivity index (χ1n) is 7.36. The van der Waals surface area contributed by atoms with Crippen molar-refractivity contribution in [1.29, 1.82) is 0 Å². The van der Waals surface area contributed by atoms with E-state index in [1.165, 1.54) is 58.0 Å². The Hall–Kier alpha value is -0.120. The van der Waals surface area contributed by atoms with Gasteiger partial charge in [0.25, 0.3) is 0 Å². The molecule has 0 bridgehead atoms. The topological polar surface area (TPSA) is 24.5 Å². The Morgan fingerprint density at radius 1 is 1.12 bits per heavy atom. The van der Waals surface area contributed by atoms with Crippen LogP contribution in [0.3, 0.4) is 0 Å². The first-order chi connectivity index (χ1) is 8.40. The Morgan fingerprint density at radius 2 is 1.94 bits per heavy atom. The molecular weight excluding hydrogens is 212 g/mol. The molecule has 2 aliphatic rings. The van der Waals surface area contributed by atoms with E-state index in [0.717, 1.165) is 25.2 Å². The maximum Gasteiger partial charge on any atom is 0.0589 e. The third-order valence-corrected chi connectivity index (χ3v) is 4.29. The lowest BCUT2D eigenvalue weighted by molar-refractivity contribution is 0.0952. The molecule has 1 N–H and O–H groups in total. The van der Waals surface area contributed by atoms with E-state index >= 15 is 0 Å². The zero-order chi connectivity index (χ0) is 11.9. The molecule has 1 saturated heterocycles. The molecule has 0 amide bonds. The maximum atomic E-state index is 5.27. The molecule has 100 valence electrons. The highest BCUT2D eigenvalue weighted by molar-refractivity contribution is 4.83. The quantitative estimate of drug-likeness (QED) is 0.769. The molecule has 1 aliphatic carbocycles. The number of hydrogen-bond donors (Lipinski definition) is 1. The Balaban J connectivity index is 1.81. The predicted molar refractivity (Wildman–Crippen MR) is 71.3 cm³/mol. The minimum absolute atomic E-state index is 0.730. The van der Waals surface area contributed by atoms with Gasteiger partial charge in [-0.25, -0.2) is 0 Å². The van der Waals surface area contributed by atoms with E-state index in [9.17, 15) is 0 Å². The van der Waals surface area contributed by atoms with Gasteiger partial charge < -0.3 is 10.1 Å². The smallest absolute Gasteiger partial charge is 0.0589 e. The second-order valence-corrected chi connectivity index (χ2v) is 5.57. The fraction of sp³-hybridized carbons (Fsp3) is 1.00. The Labute approximate surface area is 106 Å². The summed E-state index contributed by atoms with van der Waals surface area (Å²) in [6.07, 6.45) is 9.80. The van der Waals surface area contributed by atoms with E-state index in [1.54, 1.807) is 0 Å². The highest BCUT2D eigenvalue weighted by Gasteiger charge is 2.24. The van der Waals surface area contributed by atoms with E-state index < -0.39 is 0 Å². The van der Waals surface area contributed by atoms with Gasteiger partial charge in [-0.3, -0.25) is 4.90 Å². The largest absolute Gasteiger partial charge is 0.383 e. The summed E-state index contributed by atoms with van der Waals surface area (Å²) >= 11 is 0. The highest BCUT2D eigenvalue weighted by atomic mass is 16.5. The van der Waals surface area contributed by atoms with Crippen LogP contribution in [0.15, 0.2) is 0 Å². The summed E-state index contributed by atoms with van der Waals surface area (Å²) in [6, 6.07) is 1.55. The average Bonchev–Trinajstić information content (AvgIpc) is 2.88. The lowest BCUT2D eigenvalue weighted by atomic mass is 9.94. The van der Waals surface area contributed by atoms with Crippen molar-refractivity contribution in [2.45, 2.75) is 57.0 Å². The number of rotatable bonds is 6. The molecule has 2 rings (SSSR count). The molecule has 0 radical (unpaired) electrons.